The zero-order valence-electron chi connectivity index (χ0n) is 19.1. The molecule has 2 heterocycles. The highest BCUT2D eigenvalue weighted by Crippen LogP contribution is 2.23. The van der Waals surface area contributed by atoms with Gasteiger partial charge in [-0.15, -0.1) is 15.3 Å². The van der Waals surface area contributed by atoms with Gasteiger partial charge in [-0.25, -0.2) is 0 Å². The van der Waals surface area contributed by atoms with E-state index in [2.05, 4.69) is 20.6 Å². The van der Waals surface area contributed by atoms with E-state index in [1.807, 2.05) is 78.9 Å². The van der Waals surface area contributed by atoms with Crippen molar-refractivity contribution in [2.24, 2.45) is 0 Å². The molecule has 5 rings (SSSR count). The Labute approximate surface area is 202 Å². The third-order valence-corrected chi connectivity index (χ3v) is 5.46. The number of carbonyl (C=O) groups is 1. The Morgan fingerprint density at radius 3 is 2.43 bits per heavy atom. The Kier molecular flexibility index (Phi) is 6.34. The summed E-state index contributed by atoms with van der Waals surface area (Å²) in [6.07, 6.45) is 0. The molecule has 3 aromatic carbocycles. The van der Waals surface area contributed by atoms with Gasteiger partial charge in [-0.1, -0.05) is 54.6 Å². The van der Waals surface area contributed by atoms with Crippen molar-refractivity contribution in [1.82, 2.24) is 25.1 Å². The van der Waals surface area contributed by atoms with E-state index in [0.29, 0.717) is 29.5 Å². The van der Waals surface area contributed by atoms with Crippen molar-refractivity contribution in [3.05, 3.63) is 96.6 Å². The molecule has 5 aromatic rings. The maximum Gasteiger partial charge on any atom is 0.251 e. The van der Waals surface area contributed by atoms with Gasteiger partial charge in [-0.05, 0) is 41.5 Å². The van der Waals surface area contributed by atoms with E-state index in [1.54, 1.807) is 23.8 Å². The molecule has 0 aliphatic carbocycles. The first-order valence-electron chi connectivity index (χ1n) is 11.1. The van der Waals surface area contributed by atoms with E-state index in [0.717, 1.165) is 22.4 Å². The maximum absolute atomic E-state index is 12.5. The van der Waals surface area contributed by atoms with E-state index in [4.69, 9.17) is 9.47 Å². The van der Waals surface area contributed by atoms with E-state index in [9.17, 15) is 4.79 Å². The Hall–Kier alpha value is -4.72. The predicted octanol–water partition coefficient (Wildman–Crippen LogP) is 4.28. The topological polar surface area (TPSA) is 90.6 Å². The number of amides is 1. The highest BCUT2D eigenvalue weighted by atomic mass is 16.5. The molecule has 0 bridgehead atoms. The van der Waals surface area contributed by atoms with Gasteiger partial charge in [-0.2, -0.15) is 4.52 Å². The zero-order valence-corrected chi connectivity index (χ0v) is 19.1. The van der Waals surface area contributed by atoms with Crippen molar-refractivity contribution >= 4 is 11.6 Å². The summed E-state index contributed by atoms with van der Waals surface area (Å²) in [5.41, 5.74) is 4.19. The lowest BCUT2D eigenvalue weighted by molar-refractivity contribution is 0.0946. The minimum Gasteiger partial charge on any atom is -0.497 e. The van der Waals surface area contributed by atoms with E-state index in [1.165, 1.54) is 0 Å². The molecule has 174 valence electrons. The van der Waals surface area contributed by atoms with Crippen LogP contribution in [0.15, 0.2) is 91.0 Å². The molecule has 0 atom stereocenters. The number of carbonyl (C=O) groups excluding carboxylic acids is 1. The molecule has 8 heteroatoms. The van der Waals surface area contributed by atoms with Gasteiger partial charge in [0, 0.05) is 17.2 Å². The van der Waals surface area contributed by atoms with E-state index in [-0.39, 0.29) is 12.5 Å². The molecule has 0 saturated heterocycles. The number of hydrogen-bond donors (Lipinski definition) is 1. The Morgan fingerprint density at radius 1 is 0.857 bits per heavy atom. The number of hydrogen-bond acceptors (Lipinski definition) is 6. The van der Waals surface area contributed by atoms with Crippen LogP contribution >= 0.6 is 0 Å². The fourth-order valence-corrected chi connectivity index (χ4v) is 3.66. The molecule has 8 nitrogen and oxygen atoms in total. The van der Waals surface area contributed by atoms with Crippen LogP contribution < -0.4 is 14.8 Å². The minimum atomic E-state index is -0.157. The predicted molar refractivity (Wildman–Crippen MR) is 132 cm³/mol. The van der Waals surface area contributed by atoms with Crippen molar-refractivity contribution in [3.8, 4) is 34.1 Å². The highest BCUT2D eigenvalue weighted by Gasteiger charge is 2.12. The quantitative estimate of drug-likeness (QED) is 0.344. The number of benzene rings is 3. The number of nitrogens with one attached hydrogen (secondary N) is 1. The van der Waals surface area contributed by atoms with Crippen molar-refractivity contribution in [2.75, 3.05) is 20.3 Å². The molecule has 1 amide bonds. The van der Waals surface area contributed by atoms with E-state index < -0.39 is 0 Å². The highest BCUT2D eigenvalue weighted by molar-refractivity contribution is 5.94. The van der Waals surface area contributed by atoms with Gasteiger partial charge in [-0.3, -0.25) is 4.79 Å². The Morgan fingerprint density at radius 2 is 1.63 bits per heavy atom. The lowest BCUT2D eigenvalue weighted by atomic mass is 10.0. The molecule has 2 aromatic heterocycles. The molecule has 35 heavy (non-hydrogen) atoms. The lowest BCUT2D eigenvalue weighted by Crippen LogP contribution is -2.28. The molecule has 0 fully saturated rings. The van der Waals surface area contributed by atoms with Crippen molar-refractivity contribution in [1.29, 1.82) is 0 Å². The standard InChI is InChI=1S/C27H23N5O3/c1-34-23-9-5-8-22(18-23)26-30-29-24-14-15-25(31-32(24)26)35-17-16-28-27(33)21-12-10-20(11-13-21)19-6-3-2-4-7-19/h2-15,18H,16-17H2,1H3,(H,28,33). The fraction of sp³-hybridized carbons (Fsp3) is 0.111. The van der Waals surface area contributed by atoms with Gasteiger partial charge in [0.05, 0.1) is 13.7 Å². The van der Waals surface area contributed by atoms with Gasteiger partial charge in [0.25, 0.3) is 5.91 Å². The van der Waals surface area contributed by atoms with Crippen molar-refractivity contribution in [2.45, 2.75) is 0 Å². The number of ether oxygens (including phenoxy) is 2. The van der Waals surface area contributed by atoms with Crippen LogP contribution in [0.1, 0.15) is 10.4 Å². The first kappa shape index (κ1) is 22.1. The summed E-state index contributed by atoms with van der Waals surface area (Å²) >= 11 is 0. The van der Waals surface area contributed by atoms with Crippen LogP contribution in [0, 0.1) is 0 Å². The van der Waals surface area contributed by atoms with Crippen LogP contribution in [0.25, 0.3) is 28.2 Å². The number of aromatic nitrogens is 4. The van der Waals surface area contributed by atoms with Crippen LogP contribution in [0.5, 0.6) is 11.6 Å². The number of rotatable bonds is 8. The van der Waals surface area contributed by atoms with E-state index >= 15 is 0 Å². The summed E-state index contributed by atoms with van der Waals surface area (Å²) in [5, 5.41) is 15.8. The second kappa shape index (κ2) is 10.0. The number of nitrogens with zero attached hydrogens (tertiary/aromatic N) is 4. The average Bonchev–Trinajstić information content (AvgIpc) is 3.35. The van der Waals surface area contributed by atoms with Crippen LogP contribution in [0.4, 0.5) is 0 Å². The molecule has 0 aliphatic heterocycles. The normalized spacial score (nSPS) is 10.8. The minimum absolute atomic E-state index is 0.157. The monoisotopic (exact) mass is 465 g/mol. The summed E-state index contributed by atoms with van der Waals surface area (Å²) in [7, 11) is 1.61. The molecular formula is C27H23N5O3. The number of fused-ring (bicyclic) bond motifs is 1. The molecule has 1 N–H and O–H groups in total. The van der Waals surface area contributed by atoms with Crippen LogP contribution in [-0.2, 0) is 0 Å². The maximum atomic E-state index is 12.5. The number of methoxy groups -OCH3 is 1. The van der Waals surface area contributed by atoms with Gasteiger partial charge < -0.3 is 14.8 Å². The van der Waals surface area contributed by atoms with Crippen LogP contribution in [-0.4, -0.2) is 46.0 Å². The Balaban J connectivity index is 1.19. The molecule has 0 radical (unpaired) electrons. The molecular weight excluding hydrogens is 442 g/mol. The zero-order chi connectivity index (χ0) is 24.0. The fourth-order valence-electron chi connectivity index (χ4n) is 3.66. The molecule has 0 aliphatic rings. The SMILES string of the molecule is COc1cccc(-c2nnc3ccc(OCCNC(=O)c4ccc(-c5ccccc5)cc4)nn23)c1. The van der Waals surface area contributed by atoms with Gasteiger partial charge in [0.2, 0.25) is 5.88 Å². The third kappa shape index (κ3) is 4.96. The molecule has 0 unspecified atom stereocenters. The third-order valence-electron chi connectivity index (χ3n) is 5.46. The molecule has 0 saturated carbocycles. The summed E-state index contributed by atoms with van der Waals surface area (Å²) in [6.45, 7) is 0.604. The second-order valence-electron chi connectivity index (χ2n) is 7.74. The van der Waals surface area contributed by atoms with Crippen LogP contribution in [0.3, 0.4) is 0 Å². The second-order valence-corrected chi connectivity index (χ2v) is 7.74. The summed E-state index contributed by atoms with van der Waals surface area (Å²) in [4.78, 5) is 12.5. The van der Waals surface area contributed by atoms with Crippen molar-refractivity contribution < 1.29 is 14.3 Å². The largest absolute Gasteiger partial charge is 0.497 e. The van der Waals surface area contributed by atoms with Gasteiger partial charge in [0.1, 0.15) is 12.4 Å². The molecule has 0 spiro atoms. The Bertz CT molecular complexity index is 1450. The smallest absolute Gasteiger partial charge is 0.251 e. The summed E-state index contributed by atoms with van der Waals surface area (Å²) < 4.78 is 12.7. The first-order valence-corrected chi connectivity index (χ1v) is 11.1. The summed E-state index contributed by atoms with van der Waals surface area (Å²) in [6, 6.07) is 28.6. The van der Waals surface area contributed by atoms with Gasteiger partial charge >= 0.3 is 0 Å². The van der Waals surface area contributed by atoms with Crippen molar-refractivity contribution in [3.63, 3.8) is 0 Å². The average molecular weight is 466 g/mol. The first-order chi connectivity index (χ1) is 17.2. The lowest BCUT2D eigenvalue weighted by Gasteiger charge is -2.08. The summed E-state index contributed by atoms with van der Waals surface area (Å²) in [5.74, 6) is 1.55. The van der Waals surface area contributed by atoms with Crippen LogP contribution in [0.2, 0.25) is 0 Å². The van der Waals surface area contributed by atoms with Gasteiger partial charge in [0.15, 0.2) is 11.5 Å².